The Morgan fingerprint density at radius 2 is 1.53 bits per heavy atom. The van der Waals surface area contributed by atoms with Gasteiger partial charge in [-0.3, -0.25) is 9.59 Å². The zero-order valence-electron chi connectivity index (χ0n) is 19.7. The van der Waals surface area contributed by atoms with E-state index in [1.54, 1.807) is 11.0 Å². The average molecular weight is 542 g/mol. The molecule has 0 saturated heterocycles. The molecule has 0 radical (unpaired) electrons. The lowest BCUT2D eigenvalue weighted by Crippen LogP contribution is -2.54. The Kier molecular flexibility index (Phi) is 8.92. The molecule has 0 spiro atoms. The van der Waals surface area contributed by atoms with Gasteiger partial charge in [-0.2, -0.15) is 0 Å². The van der Waals surface area contributed by atoms with Crippen LogP contribution in [0.1, 0.15) is 37.5 Å². The van der Waals surface area contributed by atoms with Crippen LogP contribution in [0, 0.1) is 0 Å². The minimum absolute atomic E-state index is 0.115. The first-order valence-corrected chi connectivity index (χ1v) is 12.4. The van der Waals surface area contributed by atoms with Crippen molar-refractivity contribution >= 4 is 39.3 Å². The van der Waals surface area contributed by atoms with E-state index in [2.05, 4.69) is 21.2 Å². The summed E-state index contributed by atoms with van der Waals surface area (Å²) in [5, 5.41) is 3.62. The predicted octanol–water partition coefficient (Wildman–Crippen LogP) is 6.20. The summed E-state index contributed by atoms with van der Waals surface area (Å²) < 4.78 is 0.955. The van der Waals surface area contributed by atoms with Crippen molar-refractivity contribution in [3.05, 3.63) is 105 Å². The lowest BCUT2D eigenvalue weighted by atomic mass is 10.00. The molecule has 3 rings (SSSR count). The predicted molar refractivity (Wildman–Crippen MR) is 142 cm³/mol. The van der Waals surface area contributed by atoms with Crippen LogP contribution in [0.2, 0.25) is 5.02 Å². The van der Waals surface area contributed by atoms with E-state index in [1.807, 2.05) is 93.6 Å². The molecule has 1 unspecified atom stereocenters. The largest absolute Gasteiger partial charge is 0.350 e. The monoisotopic (exact) mass is 540 g/mol. The number of halogens is 2. The maximum atomic E-state index is 13.7. The number of hydrogen-bond acceptors (Lipinski definition) is 2. The van der Waals surface area contributed by atoms with Gasteiger partial charge in [-0.05, 0) is 55.7 Å². The molecule has 0 aromatic heterocycles. The van der Waals surface area contributed by atoms with Crippen LogP contribution in [0.3, 0.4) is 0 Å². The second kappa shape index (κ2) is 11.7. The molecule has 178 valence electrons. The number of rotatable bonds is 8. The van der Waals surface area contributed by atoms with Crippen LogP contribution in [-0.4, -0.2) is 28.3 Å². The Labute approximate surface area is 215 Å². The molecule has 0 heterocycles. The van der Waals surface area contributed by atoms with Crippen molar-refractivity contribution in [3.63, 3.8) is 0 Å². The van der Waals surface area contributed by atoms with Crippen molar-refractivity contribution in [1.29, 1.82) is 0 Å². The number of hydrogen-bond donors (Lipinski definition) is 1. The van der Waals surface area contributed by atoms with Crippen LogP contribution in [0.15, 0.2) is 83.3 Å². The topological polar surface area (TPSA) is 49.4 Å². The van der Waals surface area contributed by atoms with Crippen molar-refractivity contribution in [2.45, 2.75) is 51.7 Å². The number of amides is 2. The molecule has 1 atom stereocenters. The van der Waals surface area contributed by atoms with Gasteiger partial charge in [-0.1, -0.05) is 88.2 Å². The summed E-state index contributed by atoms with van der Waals surface area (Å²) in [5.74, 6) is -0.331. The maximum absolute atomic E-state index is 13.7. The molecule has 0 saturated carbocycles. The van der Waals surface area contributed by atoms with E-state index < -0.39 is 11.6 Å². The van der Waals surface area contributed by atoms with Gasteiger partial charge in [0.2, 0.25) is 11.8 Å². The standard InChI is InChI=1S/C28H30BrClN2O2/c1-28(2,3)31-27(34)25(17-20-9-5-4-6-10-20)32(19-21-13-15-23(29)16-14-21)26(33)18-22-11-7-8-12-24(22)30/h4-16,25H,17-19H2,1-3H3,(H,31,34). The summed E-state index contributed by atoms with van der Waals surface area (Å²) in [6, 6.07) is 24.2. The van der Waals surface area contributed by atoms with Crippen LogP contribution >= 0.6 is 27.5 Å². The summed E-state index contributed by atoms with van der Waals surface area (Å²) >= 11 is 9.82. The van der Waals surface area contributed by atoms with Crippen LogP contribution < -0.4 is 5.32 Å². The molecule has 0 bridgehead atoms. The highest BCUT2D eigenvalue weighted by Crippen LogP contribution is 2.21. The molecule has 3 aromatic carbocycles. The van der Waals surface area contributed by atoms with E-state index in [-0.39, 0.29) is 18.2 Å². The first kappa shape index (κ1) is 26.0. The lowest BCUT2D eigenvalue weighted by Gasteiger charge is -2.34. The zero-order valence-corrected chi connectivity index (χ0v) is 22.1. The van der Waals surface area contributed by atoms with E-state index >= 15 is 0 Å². The first-order valence-electron chi connectivity index (χ1n) is 11.3. The Morgan fingerprint density at radius 3 is 2.15 bits per heavy atom. The first-order chi connectivity index (χ1) is 16.1. The van der Waals surface area contributed by atoms with Crippen LogP contribution in [0.4, 0.5) is 0 Å². The fourth-order valence-corrected chi connectivity index (χ4v) is 4.17. The van der Waals surface area contributed by atoms with Gasteiger partial charge in [-0.25, -0.2) is 0 Å². The SMILES string of the molecule is CC(C)(C)NC(=O)C(Cc1ccccc1)N(Cc1ccc(Br)cc1)C(=O)Cc1ccccc1Cl. The number of nitrogens with zero attached hydrogens (tertiary/aromatic N) is 1. The highest BCUT2D eigenvalue weighted by molar-refractivity contribution is 9.10. The number of carbonyl (C=O) groups is 2. The smallest absolute Gasteiger partial charge is 0.243 e. The van der Waals surface area contributed by atoms with Gasteiger partial charge in [0.15, 0.2) is 0 Å². The van der Waals surface area contributed by atoms with Crippen LogP contribution in [-0.2, 0) is 29.0 Å². The molecule has 0 fully saturated rings. The van der Waals surface area contributed by atoms with Gasteiger partial charge in [0.05, 0.1) is 6.42 Å². The summed E-state index contributed by atoms with van der Waals surface area (Å²) in [7, 11) is 0. The van der Waals surface area contributed by atoms with Gasteiger partial charge < -0.3 is 10.2 Å². The Hall–Kier alpha value is -2.63. The molecular weight excluding hydrogens is 512 g/mol. The molecule has 34 heavy (non-hydrogen) atoms. The average Bonchev–Trinajstić information content (AvgIpc) is 2.78. The fourth-order valence-electron chi connectivity index (χ4n) is 3.70. The van der Waals surface area contributed by atoms with E-state index in [4.69, 9.17) is 11.6 Å². The van der Waals surface area contributed by atoms with E-state index in [0.29, 0.717) is 18.0 Å². The quantitative estimate of drug-likeness (QED) is 0.369. The van der Waals surface area contributed by atoms with Gasteiger partial charge in [0.1, 0.15) is 6.04 Å². The maximum Gasteiger partial charge on any atom is 0.243 e. The number of carbonyl (C=O) groups excluding carboxylic acids is 2. The summed E-state index contributed by atoms with van der Waals surface area (Å²) in [6.45, 7) is 6.13. The Balaban J connectivity index is 1.99. The number of nitrogens with one attached hydrogen (secondary N) is 1. The van der Waals surface area contributed by atoms with Gasteiger partial charge in [0, 0.05) is 28.0 Å². The molecule has 0 aliphatic heterocycles. The van der Waals surface area contributed by atoms with E-state index in [0.717, 1.165) is 21.2 Å². The number of benzene rings is 3. The Morgan fingerprint density at radius 1 is 0.912 bits per heavy atom. The second-order valence-electron chi connectivity index (χ2n) is 9.36. The van der Waals surface area contributed by atoms with Crippen molar-refractivity contribution in [3.8, 4) is 0 Å². The highest BCUT2D eigenvalue weighted by atomic mass is 79.9. The Bertz CT molecular complexity index is 1110. The third-order valence-corrected chi connectivity index (χ3v) is 6.23. The van der Waals surface area contributed by atoms with Crippen molar-refractivity contribution in [2.24, 2.45) is 0 Å². The molecular formula is C28H30BrClN2O2. The highest BCUT2D eigenvalue weighted by Gasteiger charge is 2.32. The minimum Gasteiger partial charge on any atom is -0.350 e. The van der Waals surface area contributed by atoms with E-state index in [9.17, 15) is 9.59 Å². The van der Waals surface area contributed by atoms with Crippen molar-refractivity contribution in [1.82, 2.24) is 10.2 Å². The van der Waals surface area contributed by atoms with Crippen LogP contribution in [0.5, 0.6) is 0 Å². The molecule has 4 nitrogen and oxygen atoms in total. The molecule has 1 N–H and O–H groups in total. The normalized spacial score (nSPS) is 12.1. The molecule has 0 aliphatic carbocycles. The third kappa shape index (κ3) is 7.71. The van der Waals surface area contributed by atoms with Gasteiger partial charge in [-0.15, -0.1) is 0 Å². The lowest BCUT2D eigenvalue weighted by molar-refractivity contribution is -0.141. The molecule has 2 amide bonds. The van der Waals surface area contributed by atoms with Crippen LogP contribution in [0.25, 0.3) is 0 Å². The molecule has 3 aromatic rings. The second-order valence-corrected chi connectivity index (χ2v) is 10.7. The summed E-state index contributed by atoms with van der Waals surface area (Å²) in [4.78, 5) is 28.9. The van der Waals surface area contributed by atoms with Gasteiger partial charge >= 0.3 is 0 Å². The summed E-state index contributed by atoms with van der Waals surface area (Å²) in [6.07, 6.45) is 0.526. The zero-order chi connectivity index (χ0) is 24.7. The molecule has 0 aliphatic rings. The fraction of sp³-hybridized carbons (Fsp3) is 0.286. The third-order valence-electron chi connectivity index (χ3n) is 5.33. The van der Waals surface area contributed by atoms with Crippen molar-refractivity contribution < 1.29 is 9.59 Å². The molecule has 6 heteroatoms. The van der Waals surface area contributed by atoms with Crippen molar-refractivity contribution in [2.75, 3.05) is 0 Å². The van der Waals surface area contributed by atoms with Gasteiger partial charge in [0.25, 0.3) is 0 Å². The van der Waals surface area contributed by atoms with E-state index in [1.165, 1.54) is 0 Å². The summed E-state index contributed by atoms with van der Waals surface area (Å²) in [5.41, 5.74) is 2.24. The minimum atomic E-state index is -0.680.